The lowest BCUT2D eigenvalue weighted by atomic mass is 9.81. The van der Waals surface area contributed by atoms with E-state index in [9.17, 15) is 4.79 Å². The molecule has 5 aliphatic carbocycles. The Morgan fingerprint density at radius 3 is 2.67 bits per heavy atom. The Labute approximate surface area is 116 Å². The minimum atomic E-state index is -0.191. The second-order valence-corrected chi connectivity index (χ2v) is 7.46. The fourth-order valence-corrected chi connectivity index (χ4v) is 7.30. The Hall–Kier alpha value is -0.0900. The van der Waals surface area contributed by atoms with Gasteiger partial charge in [-0.2, -0.15) is 0 Å². The number of carbonyl (C=O) groups excluding carboxylic acids is 1. The molecule has 8 atom stereocenters. The molecule has 0 spiro atoms. The van der Waals surface area contributed by atoms with E-state index in [2.05, 4.69) is 15.9 Å². The van der Waals surface area contributed by atoms with Crippen LogP contribution in [0.2, 0.25) is 0 Å². The highest BCUT2D eigenvalue weighted by Gasteiger charge is 2.84. The van der Waals surface area contributed by atoms with Gasteiger partial charge in [-0.15, -0.1) is 0 Å². The van der Waals surface area contributed by atoms with Crippen LogP contribution in [0.15, 0.2) is 0 Å². The normalized spacial score (nSPS) is 58.1. The second-order valence-electron chi connectivity index (χ2n) is 6.47. The SMILES string of the molecule is CO[C@]1(CCOC(C)=O)C2C3CC4C(C42)C3[C@@H]1Br. The molecule has 6 unspecified atom stereocenters. The zero-order valence-corrected chi connectivity index (χ0v) is 12.4. The van der Waals surface area contributed by atoms with Crippen molar-refractivity contribution in [3.8, 4) is 0 Å². The van der Waals surface area contributed by atoms with Crippen molar-refractivity contribution in [3.05, 3.63) is 0 Å². The summed E-state index contributed by atoms with van der Waals surface area (Å²) in [5, 5.41) is 0. The fraction of sp³-hybridized carbons (Fsp3) is 0.929. The standard InChI is InChI=1S/C14H19BrO3/c1-6(16)18-4-3-14(17-2)12-8-5-7-9(10(7)12)11(8)13(14)15/h7-13H,3-5H2,1-2H3/t7?,8?,9?,10?,11?,12?,13-,14+/m0/s1. The van der Waals surface area contributed by atoms with Gasteiger partial charge in [0.05, 0.1) is 12.2 Å². The van der Waals surface area contributed by atoms with Crippen molar-refractivity contribution >= 4 is 21.9 Å². The molecule has 0 N–H and O–H groups in total. The van der Waals surface area contributed by atoms with E-state index in [1.165, 1.54) is 13.3 Å². The minimum Gasteiger partial charge on any atom is -0.466 e. The van der Waals surface area contributed by atoms with Crippen LogP contribution in [0.3, 0.4) is 0 Å². The number of esters is 1. The predicted octanol–water partition coefficient (Wildman–Crippen LogP) is 2.23. The lowest BCUT2D eigenvalue weighted by Gasteiger charge is -2.40. The quantitative estimate of drug-likeness (QED) is 0.589. The molecular weight excluding hydrogens is 296 g/mol. The summed E-state index contributed by atoms with van der Waals surface area (Å²) in [5.41, 5.74) is -0.0861. The first-order valence-electron chi connectivity index (χ1n) is 6.94. The van der Waals surface area contributed by atoms with Crippen LogP contribution in [0.25, 0.3) is 0 Å². The lowest BCUT2D eigenvalue weighted by molar-refractivity contribution is -0.144. The van der Waals surface area contributed by atoms with Crippen molar-refractivity contribution in [1.29, 1.82) is 0 Å². The first-order chi connectivity index (χ1) is 8.62. The Balaban J connectivity index is 1.56. The summed E-state index contributed by atoms with van der Waals surface area (Å²) in [6.45, 7) is 1.96. The molecule has 5 saturated carbocycles. The largest absolute Gasteiger partial charge is 0.466 e. The molecule has 0 saturated heterocycles. The van der Waals surface area contributed by atoms with E-state index in [0.717, 1.165) is 36.0 Å². The van der Waals surface area contributed by atoms with Crippen LogP contribution >= 0.6 is 15.9 Å². The molecule has 6 bridgehead atoms. The van der Waals surface area contributed by atoms with Gasteiger partial charge in [-0.1, -0.05) is 15.9 Å². The number of ether oxygens (including phenoxy) is 2. The Morgan fingerprint density at radius 2 is 2.11 bits per heavy atom. The number of alkyl halides is 1. The van der Waals surface area contributed by atoms with Crippen molar-refractivity contribution in [2.24, 2.45) is 35.5 Å². The molecule has 0 aliphatic heterocycles. The van der Waals surface area contributed by atoms with Gasteiger partial charge in [-0.3, -0.25) is 4.79 Å². The van der Waals surface area contributed by atoms with Crippen LogP contribution < -0.4 is 0 Å². The Morgan fingerprint density at radius 1 is 1.33 bits per heavy atom. The van der Waals surface area contributed by atoms with Gasteiger partial charge in [0.1, 0.15) is 0 Å². The van der Waals surface area contributed by atoms with Crippen LogP contribution in [0.5, 0.6) is 0 Å². The summed E-state index contributed by atoms with van der Waals surface area (Å²) < 4.78 is 11.1. The number of methoxy groups -OCH3 is 1. The van der Waals surface area contributed by atoms with Crippen LogP contribution in [-0.4, -0.2) is 30.1 Å². The van der Waals surface area contributed by atoms with Crippen molar-refractivity contribution in [2.45, 2.75) is 30.2 Å². The van der Waals surface area contributed by atoms with E-state index in [1.807, 2.05) is 7.11 Å². The highest BCUT2D eigenvalue weighted by Crippen LogP contribution is 2.84. The number of halogens is 1. The molecule has 0 aromatic rings. The van der Waals surface area contributed by atoms with Gasteiger partial charge in [-0.25, -0.2) is 0 Å². The van der Waals surface area contributed by atoms with Crippen LogP contribution in [0.4, 0.5) is 0 Å². The maximum Gasteiger partial charge on any atom is 0.302 e. The van der Waals surface area contributed by atoms with E-state index in [4.69, 9.17) is 9.47 Å². The number of rotatable bonds is 4. The zero-order chi connectivity index (χ0) is 12.7. The number of hydrogen-bond donors (Lipinski definition) is 0. The van der Waals surface area contributed by atoms with Gasteiger partial charge in [0.15, 0.2) is 0 Å². The molecule has 0 aromatic carbocycles. The van der Waals surface area contributed by atoms with Crippen molar-refractivity contribution < 1.29 is 14.3 Å². The molecule has 0 aromatic heterocycles. The summed E-state index contributed by atoms with van der Waals surface area (Å²) in [6, 6.07) is 0. The smallest absolute Gasteiger partial charge is 0.302 e. The molecule has 0 amide bonds. The second kappa shape index (κ2) is 3.51. The third-order valence-corrected chi connectivity index (χ3v) is 7.58. The average molecular weight is 315 g/mol. The van der Waals surface area contributed by atoms with E-state index >= 15 is 0 Å². The van der Waals surface area contributed by atoms with E-state index < -0.39 is 0 Å². The summed E-state index contributed by atoms with van der Waals surface area (Å²) in [4.78, 5) is 11.4. The summed E-state index contributed by atoms with van der Waals surface area (Å²) in [7, 11) is 1.83. The molecule has 18 heavy (non-hydrogen) atoms. The highest BCUT2D eigenvalue weighted by atomic mass is 79.9. The lowest BCUT2D eigenvalue weighted by Crippen LogP contribution is -2.48. The van der Waals surface area contributed by atoms with Gasteiger partial charge in [0, 0.05) is 25.3 Å². The maximum atomic E-state index is 10.9. The minimum absolute atomic E-state index is 0.0861. The first kappa shape index (κ1) is 11.7. The van der Waals surface area contributed by atoms with Gasteiger partial charge in [0.2, 0.25) is 0 Å². The zero-order valence-electron chi connectivity index (χ0n) is 10.8. The molecule has 4 heteroatoms. The molecule has 100 valence electrons. The van der Waals surface area contributed by atoms with Gasteiger partial charge in [-0.05, 0) is 41.9 Å². The van der Waals surface area contributed by atoms with E-state index in [0.29, 0.717) is 17.4 Å². The van der Waals surface area contributed by atoms with Crippen LogP contribution in [0, 0.1) is 35.5 Å². The molecule has 3 nitrogen and oxygen atoms in total. The molecular formula is C14H19BrO3. The third kappa shape index (κ3) is 1.13. The molecule has 0 heterocycles. The average Bonchev–Trinajstić information content (AvgIpc) is 2.73. The van der Waals surface area contributed by atoms with Crippen molar-refractivity contribution in [3.63, 3.8) is 0 Å². The first-order valence-corrected chi connectivity index (χ1v) is 7.86. The van der Waals surface area contributed by atoms with E-state index in [1.54, 1.807) is 0 Å². The predicted molar refractivity (Wildman–Crippen MR) is 69.3 cm³/mol. The fourth-order valence-electron chi connectivity index (χ4n) is 5.84. The van der Waals surface area contributed by atoms with Crippen LogP contribution in [-0.2, 0) is 14.3 Å². The summed E-state index contributed by atoms with van der Waals surface area (Å²) in [5.74, 6) is 5.11. The van der Waals surface area contributed by atoms with Gasteiger partial charge < -0.3 is 9.47 Å². The highest BCUT2D eigenvalue weighted by molar-refractivity contribution is 9.09. The summed E-state index contributed by atoms with van der Waals surface area (Å²) >= 11 is 3.92. The maximum absolute atomic E-state index is 10.9. The number of hydrogen-bond acceptors (Lipinski definition) is 3. The Bertz CT molecular complexity index is 412. The monoisotopic (exact) mass is 314 g/mol. The van der Waals surface area contributed by atoms with Gasteiger partial charge >= 0.3 is 5.97 Å². The third-order valence-electron chi connectivity index (χ3n) is 6.20. The Kier molecular flexibility index (Phi) is 2.29. The van der Waals surface area contributed by atoms with E-state index in [-0.39, 0.29) is 11.6 Å². The van der Waals surface area contributed by atoms with Crippen molar-refractivity contribution in [1.82, 2.24) is 0 Å². The number of carbonyl (C=O) groups is 1. The topological polar surface area (TPSA) is 35.5 Å². The molecule has 5 rings (SSSR count). The van der Waals surface area contributed by atoms with Crippen LogP contribution in [0.1, 0.15) is 19.8 Å². The summed E-state index contributed by atoms with van der Waals surface area (Å²) in [6.07, 6.45) is 2.26. The van der Waals surface area contributed by atoms with Crippen molar-refractivity contribution in [2.75, 3.05) is 13.7 Å². The molecule has 5 aliphatic rings. The molecule has 5 fully saturated rings. The molecule has 0 radical (unpaired) electrons. The van der Waals surface area contributed by atoms with Gasteiger partial charge in [0.25, 0.3) is 0 Å².